The molecule has 0 aliphatic heterocycles. The van der Waals surface area contributed by atoms with Gasteiger partial charge in [-0.1, -0.05) is 55.8 Å². The molecule has 0 saturated heterocycles. The maximum absolute atomic E-state index is 2.41. The van der Waals surface area contributed by atoms with Crippen LogP contribution in [0.2, 0.25) is 0 Å². The lowest BCUT2D eigenvalue weighted by Gasteiger charge is -1.99. The Morgan fingerprint density at radius 1 is 1.36 bits per heavy atom. The van der Waals surface area contributed by atoms with Gasteiger partial charge in [-0.2, -0.15) is 0 Å². The van der Waals surface area contributed by atoms with Crippen molar-refractivity contribution >= 4 is 34.4 Å². The molecule has 0 aliphatic carbocycles. The fraction of sp³-hybridized carbons (Fsp3) is 0.333. The number of hydrogen-bond acceptors (Lipinski definition) is 1. The van der Waals surface area contributed by atoms with E-state index >= 15 is 0 Å². The van der Waals surface area contributed by atoms with Crippen LogP contribution in [0.4, 0.5) is 0 Å². The van der Waals surface area contributed by atoms with E-state index < -0.39 is 0 Å². The monoisotopic (exact) mass is 318 g/mol. The van der Waals surface area contributed by atoms with E-state index in [1.165, 1.54) is 27.1 Å². The van der Waals surface area contributed by atoms with Crippen LogP contribution in [-0.2, 0) is 0 Å². The molecule has 0 spiro atoms. The zero-order valence-electron chi connectivity index (χ0n) is 8.37. The summed E-state index contributed by atoms with van der Waals surface area (Å²) in [5.74, 6) is 0. The van der Waals surface area contributed by atoms with E-state index in [1.54, 1.807) is 0 Å². The van der Waals surface area contributed by atoms with E-state index in [4.69, 9.17) is 0 Å². The van der Waals surface area contributed by atoms with Gasteiger partial charge in [0.05, 0.1) is 0 Å². The summed E-state index contributed by atoms with van der Waals surface area (Å²) in [6.45, 7) is 2.23. The summed E-state index contributed by atoms with van der Waals surface area (Å²) in [5, 5.41) is 0. The quantitative estimate of drug-likeness (QED) is 0.406. The predicted octanol–water partition coefficient (Wildman–Crippen LogP) is 5.25. The summed E-state index contributed by atoms with van der Waals surface area (Å²) in [6, 6.07) is 10.5. The molecule has 0 fully saturated rings. The fourth-order valence-electron chi connectivity index (χ4n) is 1.06. The summed E-state index contributed by atoms with van der Waals surface area (Å²) in [6.07, 6.45) is 6.09. The number of benzene rings is 1. The molecule has 0 aromatic heterocycles. The fourth-order valence-corrected chi connectivity index (χ4v) is 2.86. The minimum atomic E-state index is 1.20. The average molecular weight is 318 g/mol. The molecule has 2 heteroatoms. The third-order valence-corrected chi connectivity index (χ3v) is 3.79. The Kier molecular flexibility index (Phi) is 6.36. The normalized spacial score (nSPS) is 11.7. The molecule has 0 nitrogen and oxygen atoms in total. The molecule has 0 saturated carbocycles. The van der Waals surface area contributed by atoms with Crippen LogP contribution in [0.15, 0.2) is 44.2 Å². The van der Waals surface area contributed by atoms with Crippen LogP contribution in [0.3, 0.4) is 0 Å². The summed E-state index contributed by atoms with van der Waals surface area (Å²) in [7, 11) is 0. The molecule has 1 aromatic rings. The lowest BCUT2D eigenvalue weighted by atomic mass is 10.2. The van der Waals surface area contributed by atoms with E-state index in [2.05, 4.69) is 65.9 Å². The topological polar surface area (TPSA) is 0 Å². The summed E-state index contributed by atoms with van der Waals surface area (Å²) >= 11 is 4.25. The molecule has 0 unspecified atom stereocenters. The number of hydrogen-bond donors (Lipinski definition) is 0. The first-order chi connectivity index (χ1) is 6.83. The molecule has 1 aromatic carbocycles. The molecule has 14 heavy (non-hydrogen) atoms. The van der Waals surface area contributed by atoms with E-state index in [0.717, 1.165) is 0 Å². The zero-order valence-corrected chi connectivity index (χ0v) is 11.3. The van der Waals surface area contributed by atoms with Gasteiger partial charge in [0.1, 0.15) is 0 Å². The van der Waals surface area contributed by atoms with Crippen LogP contribution >= 0.6 is 34.4 Å². The number of unbranched alkanes of at least 4 members (excludes halogenated alkanes) is 2. The molecule has 1 rings (SSSR count). The minimum absolute atomic E-state index is 1.20. The Balaban J connectivity index is 2.40. The Hall–Kier alpha value is 0.0400. The van der Waals surface area contributed by atoms with Gasteiger partial charge >= 0.3 is 0 Å². The van der Waals surface area contributed by atoms with Gasteiger partial charge < -0.3 is 0 Å². The van der Waals surface area contributed by atoms with Gasteiger partial charge in [0.25, 0.3) is 0 Å². The molecular weight excluding hydrogens is 303 g/mol. The van der Waals surface area contributed by atoms with Gasteiger partial charge in [-0.25, -0.2) is 0 Å². The molecule has 0 amide bonds. The molecule has 0 heterocycles. The van der Waals surface area contributed by atoms with Gasteiger partial charge in [-0.05, 0) is 41.1 Å². The number of rotatable bonds is 5. The first-order valence-electron chi connectivity index (χ1n) is 4.91. The molecule has 0 atom stereocenters. The van der Waals surface area contributed by atoms with Gasteiger partial charge in [0.2, 0.25) is 0 Å². The Labute approximate surface area is 104 Å². The molecule has 0 radical (unpaired) electrons. The van der Waals surface area contributed by atoms with Crippen molar-refractivity contribution in [2.24, 2.45) is 0 Å². The Bertz CT molecular complexity index is 280. The minimum Gasteiger partial charge on any atom is -0.0838 e. The molecule has 0 aliphatic rings. The summed E-state index contributed by atoms with van der Waals surface area (Å²) in [4.78, 5) is 1.32. The smallest absolute Gasteiger partial charge is 0.0466 e. The van der Waals surface area contributed by atoms with E-state index in [0.29, 0.717) is 0 Å². The molecule has 0 N–H and O–H groups in total. The second kappa shape index (κ2) is 7.35. The first kappa shape index (κ1) is 12.1. The highest BCUT2D eigenvalue weighted by Crippen LogP contribution is 2.31. The van der Waals surface area contributed by atoms with E-state index in [9.17, 15) is 0 Å². The second-order valence-electron chi connectivity index (χ2n) is 3.07. The number of allylic oxidation sites excluding steroid dienone is 1. The van der Waals surface area contributed by atoms with Gasteiger partial charge in [-0.3, -0.25) is 0 Å². The van der Waals surface area contributed by atoms with Gasteiger partial charge in [0.15, 0.2) is 0 Å². The lowest BCUT2D eigenvalue weighted by Crippen LogP contribution is -1.71. The molecular formula is C12H15IS. The van der Waals surface area contributed by atoms with Gasteiger partial charge in [-0.15, -0.1) is 0 Å². The largest absolute Gasteiger partial charge is 0.0838 e. The predicted molar refractivity (Wildman–Crippen MR) is 73.9 cm³/mol. The van der Waals surface area contributed by atoms with Crippen LogP contribution in [0.1, 0.15) is 26.2 Å². The van der Waals surface area contributed by atoms with Crippen molar-refractivity contribution in [3.05, 3.63) is 39.3 Å². The molecule has 76 valence electrons. The highest BCUT2D eigenvalue weighted by Gasteiger charge is 1.94. The van der Waals surface area contributed by atoms with E-state index in [-0.39, 0.29) is 0 Å². The van der Waals surface area contributed by atoms with Crippen LogP contribution in [-0.4, -0.2) is 0 Å². The van der Waals surface area contributed by atoms with Crippen molar-refractivity contribution in [1.29, 1.82) is 0 Å². The van der Waals surface area contributed by atoms with Crippen LogP contribution in [0, 0.1) is 0 Å². The third-order valence-electron chi connectivity index (χ3n) is 1.82. The van der Waals surface area contributed by atoms with E-state index in [1.807, 2.05) is 11.8 Å². The van der Waals surface area contributed by atoms with Crippen molar-refractivity contribution in [2.45, 2.75) is 31.1 Å². The molecule has 0 bridgehead atoms. The van der Waals surface area contributed by atoms with Crippen molar-refractivity contribution in [3.8, 4) is 0 Å². The van der Waals surface area contributed by atoms with Crippen molar-refractivity contribution in [2.75, 3.05) is 0 Å². The van der Waals surface area contributed by atoms with Crippen molar-refractivity contribution < 1.29 is 0 Å². The maximum Gasteiger partial charge on any atom is 0.0466 e. The summed E-state index contributed by atoms with van der Waals surface area (Å²) in [5.41, 5.74) is 0. The SMILES string of the molecule is CCCC/C=C(/I)Sc1ccccc1. The first-order valence-corrected chi connectivity index (χ1v) is 6.81. The zero-order chi connectivity index (χ0) is 10.2. The number of thioether (sulfide) groups is 1. The number of halogens is 1. The van der Waals surface area contributed by atoms with Crippen LogP contribution < -0.4 is 0 Å². The van der Waals surface area contributed by atoms with Crippen molar-refractivity contribution in [1.82, 2.24) is 0 Å². The van der Waals surface area contributed by atoms with Crippen LogP contribution in [0.25, 0.3) is 0 Å². The highest BCUT2D eigenvalue weighted by atomic mass is 127. The average Bonchev–Trinajstić information content (AvgIpc) is 2.20. The Morgan fingerprint density at radius 2 is 2.07 bits per heavy atom. The lowest BCUT2D eigenvalue weighted by molar-refractivity contribution is 0.815. The van der Waals surface area contributed by atoms with Gasteiger partial charge in [0, 0.05) is 7.81 Å². The summed E-state index contributed by atoms with van der Waals surface area (Å²) < 4.78 is 1.38. The second-order valence-corrected chi connectivity index (χ2v) is 6.08. The van der Waals surface area contributed by atoms with Crippen molar-refractivity contribution in [3.63, 3.8) is 0 Å². The maximum atomic E-state index is 2.41. The van der Waals surface area contributed by atoms with Crippen LogP contribution in [0.5, 0.6) is 0 Å². The Morgan fingerprint density at radius 3 is 2.71 bits per heavy atom. The standard InChI is InChI=1S/C12H15IS/c1-2-3-5-10-12(13)14-11-8-6-4-7-9-11/h4,6-10H,2-3,5H2,1H3/b12-10-. The highest BCUT2D eigenvalue weighted by molar-refractivity contribution is 14.1. The third kappa shape index (κ3) is 5.05.